The average molecular weight is 218 g/mol. The van der Waals surface area contributed by atoms with Crippen molar-refractivity contribution in [3.05, 3.63) is 0 Å². The largest absolute Gasteiger partial charge is 0.247 e. The molecule has 0 aromatic heterocycles. The highest BCUT2D eigenvalue weighted by Crippen LogP contribution is 2.09. The van der Waals surface area contributed by atoms with Crippen LogP contribution in [0.25, 0.3) is 0 Å². The van der Waals surface area contributed by atoms with Crippen molar-refractivity contribution in [2.75, 3.05) is 11.5 Å². The van der Waals surface area contributed by atoms with Crippen LogP contribution in [-0.2, 0) is 9.59 Å². The monoisotopic (exact) mass is 218 g/mol. The Morgan fingerprint density at radius 2 is 1.31 bits per heavy atom. The molecule has 4 nitrogen and oxygen atoms in total. The van der Waals surface area contributed by atoms with Gasteiger partial charge in [-0.3, -0.25) is 0 Å². The molecule has 6 heteroatoms. The van der Waals surface area contributed by atoms with Crippen LogP contribution in [0.2, 0.25) is 0 Å². The number of rotatable bonds is 8. The SMILES string of the molecule is O=C=NSCCCCCSN=C=O. The lowest BCUT2D eigenvalue weighted by molar-refractivity contribution is 0.565. The zero-order valence-corrected chi connectivity index (χ0v) is 8.70. The summed E-state index contributed by atoms with van der Waals surface area (Å²) in [4.78, 5) is 19.3. The van der Waals surface area contributed by atoms with Crippen molar-refractivity contribution in [2.45, 2.75) is 19.3 Å². The maximum atomic E-state index is 9.65. The fourth-order valence-corrected chi connectivity index (χ4v) is 1.61. The summed E-state index contributed by atoms with van der Waals surface area (Å²) in [5.74, 6) is 1.69. The Hall–Kier alpha value is -0.540. The van der Waals surface area contributed by atoms with Gasteiger partial charge in [-0.25, -0.2) is 9.59 Å². The van der Waals surface area contributed by atoms with Gasteiger partial charge in [-0.05, 0) is 36.7 Å². The molecule has 0 rings (SSSR count). The zero-order valence-electron chi connectivity index (χ0n) is 7.06. The molecule has 0 spiro atoms. The molecule has 0 aliphatic carbocycles. The van der Waals surface area contributed by atoms with Crippen molar-refractivity contribution >= 4 is 36.1 Å². The van der Waals surface area contributed by atoms with Gasteiger partial charge in [-0.1, -0.05) is 6.42 Å². The van der Waals surface area contributed by atoms with Gasteiger partial charge in [0, 0.05) is 11.5 Å². The molecule has 13 heavy (non-hydrogen) atoms. The minimum absolute atomic E-state index is 0.844. The Labute approximate surface area is 85.6 Å². The summed E-state index contributed by atoms with van der Waals surface area (Å²) < 4.78 is 6.71. The summed E-state index contributed by atoms with van der Waals surface area (Å²) in [5, 5.41) is 0. The standard InChI is InChI=1S/C7H10N2O2S2/c10-6-8-12-4-2-1-3-5-13-9-7-11/h1-5H2. The number of isocyanates is 2. The van der Waals surface area contributed by atoms with Gasteiger partial charge >= 0.3 is 0 Å². The van der Waals surface area contributed by atoms with Gasteiger partial charge in [0.25, 0.3) is 0 Å². The minimum atomic E-state index is 0.844. The highest BCUT2D eigenvalue weighted by atomic mass is 32.2. The highest BCUT2D eigenvalue weighted by molar-refractivity contribution is 7.98. The van der Waals surface area contributed by atoms with Crippen LogP contribution in [0.15, 0.2) is 8.80 Å². The maximum absolute atomic E-state index is 9.65. The smallest absolute Gasteiger partial charge is 0.210 e. The fraction of sp³-hybridized carbons (Fsp3) is 0.714. The Balaban J connectivity index is 2.99. The van der Waals surface area contributed by atoms with Crippen LogP contribution < -0.4 is 0 Å². The number of hydrogen-bond acceptors (Lipinski definition) is 6. The lowest BCUT2D eigenvalue weighted by atomic mass is 10.3. The maximum Gasteiger partial charge on any atom is 0.247 e. The summed E-state index contributed by atoms with van der Waals surface area (Å²) in [6.07, 6.45) is 6.01. The van der Waals surface area contributed by atoms with E-state index in [-0.39, 0.29) is 0 Å². The summed E-state index contributed by atoms with van der Waals surface area (Å²) in [6.45, 7) is 0. The molecule has 0 saturated carbocycles. The molecule has 0 saturated heterocycles. The number of carbonyl (C=O) groups excluding carboxylic acids is 2. The molecule has 0 atom stereocenters. The first-order valence-corrected chi connectivity index (χ1v) is 5.68. The Morgan fingerprint density at radius 3 is 1.69 bits per heavy atom. The molecule has 0 N–H and O–H groups in total. The predicted octanol–water partition coefficient (Wildman–Crippen LogP) is 2.12. The van der Waals surface area contributed by atoms with Crippen LogP contribution in [-0.4, -0.2) is 23.7 Å². The van der Waals surface area contributed by atoms with Crippen molar-refractivity contribution < 1.29 is 9.59 Å². The molecule has 0 aliphatic rings. The molecule has 0 aliphatic heterocycles. The van der Waals surface area contributed by atoms with Crippen LogP contribution in [0.3, 0.4) is 0 Å². The van der Waals surface area contributed by atoms with E-state index in [1.165, 1.54) is 36.1 Å². The van der Waals surface area contributed by atoms with E-state index < -0.39 is 0 Å². The molecular formula is C7H10N2O2S2. The summed E-state index contributed by atoms with van der Waals surface area (Å²) in [6, 6.07) is 0. The van der Waals surface area contributed by atoms with E-state index in [0.717, 1.165) is 30.8 Å². The number of hydrogen-bond donors (Lipinski definition) is 0. The number of nitrogens with zero attached hydrogens (tertiary/aromatic N) is 2. The summed E-state index contributed by atoms with van der Waals surface area (Å²) >= 11 is 2.46. The van der Waals surface area contributed by atoms with Crippen LogP contribution in [0.1, 0.15) is 19.3 Å². The summed E-state index contributed by atoms with van der Waals surface area (Å²) in [5.41, 5.74) is 0. The van der Waals surface area contributed by atoms with Crippen LogP contribution in [0.4, 0.5) is 0 Å². The molecule has 0 aromatic rings. The molecule has 72 valence electrons. The van der Waals surface area contributed by atoms with Gasteiger partial charge in [-0.15, -0.1) is 8.80 Å². The fourth-order valence-electron chi connectivity index (χ4n) is 0.654. The molecule has 0 amide bonds. The molecule has 0 fully saturated rings. The van der Waals surface area contributed by atoms with Gasteiger partial charge in [-0.2, -0.15) is 0 Å². The van der Waals surface area contributed by atoms with Crippen LogP contribution in [0, 0.1) is 0 Å². The van der Waals surface area contributed by atoms with E-state index in [1.54, 1.807) is 0 Å². The van der Waals surface area contributed by atoms with Gasteiger partial charge in [0.05, 0.1) is 0 Å². The van der Waals surface area contributed by atoms with E-state index in [0.29, 0.717) is 0 Å². The van der Waals surface area contributed by atoms with Gasteiger partial charge in [0.15, 0.2) is 0 Å². The molecule has 0 bridgehead atoms. The van der Waals surface area contributed by atoms with Gasteiger partial charge in [0.2, 0.25) is 12.2 Å². The van der Waals surface area contributed by atoms with E-state index in [2.05, 4.69) is 8.80 Å². The van der Waals surface area contributed by atoms with Crippen molar-refractivity contribution in [2.24, 2.45) is 8.80 Å². The molecular weight excluding hydrogens is 208 g/mol. The van der Waals surface area contributed by atoms with Crippen molar-refractivity contribution in [1.29, 1.82) is 0 Å². The first-order valence-electron chi connectivity index (χ1n) is 3.80. The molecule has 0 heterocycles. The molecule has 0 radical (unpaired) electrons. The van der Waals surface area contributed by atoms with E-state index >= 15 is 0 Å². The second-order valence-corrected chi connectivity index (χ2v) is 3.79. The predicted molar refractivity (Wildman–Crippen MR) is 55.0 cm³/mol. The van der Waals surface area contributed by atoms with Gasteiger partial charge in [0.1, 0.15) is 0 Å². The zero-order chi connectivity index (χ0) is 9.78. The third kappa shape index (κ3) is 11.5. The number of unbranched alkanes of at least 4 members (excludes halogenated alkanes) is 2. The van der Waals surface area contributed by atoms with Gasteiger partial charge < -0.3 is 0 Å². The van der Waals surface area contributed by atoms with E-state index in [9.17, 15) is 9.59 Å². The normalized spacial score (nSPS) is 8.62. The lowest BCUT2D eigenvalue weighted by Gasteiger charge is -1.94. The topological polar surface area (TPSA) is 58.9 Å². The third-order valence-corrected chi connectivity index (χ3v) is 2.52. The van der Waals surface area contributed by atoms with Crippen LogP contribution >= 0.6 is 23.9 Å². The van der Waals surface area contributed by atoms with Crippen molar-refractivity contribution in [3.8, 4) is 0 Å². The third-order valence-electron chi connectivity index (χ3n) is 1.17. The molecule has 0 unspecified atom stereocenters. The summed E-state index contributed by atoms with van der Waals surface area (Å²) in [7, 11) is 0. The molecule has 0 aromatic carbocycles. The second-order valence-electron chi connectivity index (χ2n) is 2.09. The Bertz CT molecular complexity index is 189. The first kappa shape index (κ1) is 12.5. The second kappa shape index (κ2) is 11.5. The average Bonchev–Trinajstić information content (AvgIpc) is 2.16. The highest BCUT2D eigenvalue weighted by Gasteiger charge is 1.90. The minimum Gasteiger partial charge on any atom is -0.210 e. The Morgan fingerprint density at radius 1 is 0.846 bits per heavy atom. The van der Waals surface area contributed by atoms with E-state index in [1.807, 2.05) is 0 Å². The quantitative estimate of drug-likeness (QED) is 0.271. The van der Waals surface area contributed by atoms with Crippen molar-refractivity contribution in [1.82, 2.24) is 0 Å². The van der Waals surface area contributed by atoms with Crippen molar-refractivity contribution in [3.63, 3.8) is 0 Å². The van der Waals surface area contributed by atoms with E-state index in [4.69, 9.17) is 0 Å². The first-order chi connectivity index (χ1) is 6.41. The Kier molecular flexibility index (Phi) is 11.0. The lowest BCUT2D eigenvalue weighted by Crippen LogP contribution is -1.81. The van der Waals surface area contributed by atoms with Crippen LogP contribution in [0.5, 0.6) is 0 Å².